The summed E-state index contributed by atoms with van der Waals surface area (Å²) in [7, 11) is 0. The van der Waals surface area contributed by atoms with Crippen LogP contribution in [0, 0.1) is 10.1 Å². The van der Waals surface area contributed by atoms with E-state index in [0.717, 1.165) is 44.5 Å². The molecule has 0 aliphatic heterocycles. The molecule has 0 radical (unpaired) electrons. The maximum atomic E-state index is 10.5. The Kier molecular flexibility index (Phi) is 4.03. The molecule has 1 fully saturated rings. The molecule has 18 heavy (non-hydrogen) atoms. The van der Waals surface area contributed by atoms with E-state index >= 15 is 0 Å². The summed E-state index contributed by atoms with van der Waals surface area (Å²) < 4.78 is 5.61. The summed E-state index contributed by atoms with van der Waals surface area (Å²) >= 11 is 0. The minimum absolute atomic E-state index is 0.0220. The minimum atomic E-state index is -0.541. The van der Waals surface area contributed by atoms with Gasteiger partial charge in [0.2, 0.25) is 0 Å². The molecule has 98 valence electrons. The van der Waals surface area contributed by atoms with E-state index in [0.29, 0.717) is 0 Å². The quantitative estimate of drug-likeness (QED) is 0.495. The van der Waals surface area contributed by atoms with E-state index in [4.69, 9.17) is 10.5 Å². The van der Waals surface area contributed by atoms with Crippen molar-refractivity contribution < 1.29 is 9.66 Å². The highest BCUT2D eigenvalue weighted by Crippen LogP contribution is 2.20. The first-order chi connectivity index (χ1) is 8.66. The average Bonchev–Trinajstić information content (AvgIpc) is 2.56. The molecule has 2 unspecified atom stereocenters. The molecule has 1 aliphatic carbocycles. The molecule has 1 saturated carbocycles. The van der Waals surface area contributed by atoms with Crippen LogP contribution in [-0.2, 0) is 0 Å². The van der Waals surface area contributed by atoms with Crippen molar-refractivity contribution in [3.05, 3.63) is 22.5 Å². The van der Waals surface area contributed by atoms with Crippen molar-refractivity contribution in [3.63, 3.8) is 0 Å². The summed E-state index contributed by atoms with van der Waals surface area (Å²) in [6, 6.07) is 0.134. The van der Waals surface area contributed by atoms with Gasteiger partial charge in [0.1, 0.15) is 18.5 Å². The van der Waals surface area contributed by atoms with Gasteiger partial charge in [0, 0.05) is 6.04 Å². The fourth-order valence-electron chi connectivity index (χ4n) is 2.05. The van der Waals surface area contributed by atoms with Gasteiger partial charge >= 0.3 is 11.7 Å². The fourth-order valence-corrected chi connectivity index (χ4v) is 2.05. The number of nitrogens with zero attached hydrogens (tertiary/aromatic N) is 3. The number of nitrogens with two attached hydrogens (primary N) is 1. The predicted octanol–water partition coefficient (Wildman–Crippen LogP) is 1.42. The first kappa shape index (κ1) is 12.7. The van der Waals surface area contributed by atoms with Gasteiger partial charge in [-0.2, -0.15) is 9.97 Å². The van der Waals surface area contributed by atoms with E-state index in [9.17, 15) is 10.1 Å². The zero-order valence-corrected chi connectivity index (χ0v) is 9.99. The van der Waals surface area contributed by atoms with Gasteiger partial charge in [-0.05, 0) is 19.3 Å². The van der Waals surface area contributed by atoms with Gasteiger partial charge in [0.25, 0.3) is 0 Å². The predicted molar refractivity (Wildman–Crippen MR) is 64.2 cm³/mol. The highest BCUT2D eigenvalue weighted by Gasteiger charge is 2.23. The van der Waals surface area contributed by atoms with E-state index in [1.54, 1.807) is 0 Å². The van der Waals surface area contributed by atoms with Crippen LogP contribution in [0.15, 0.2) is 12.4 Å². The molecule has 1 aliphatic rings. The standard InChI is InChI=1S/C11H16N4O3/c12-9-4-2-1-3-5-10(9)18-11-13-6-8(7-14-11)15(16)17/h6-7,9-10H,1-5,12H2. The van der Waals surface area contributed by atoms with Gasteiger partial charge < -0.3 is 10.5 Å². The third kappa shape index (κ3) is 3.13. The minimum Gasteiger partial charge on any atom is -0.458 e. The van der Waals surface area contributed by atoms with Gasteiger partial charge in [0.05, 0.1) is 4.92 Å². The van der Waals surface area contributed by atoms with Gasteiger partial charge in [0.15, 0.2) is 0 Å². The molecular formula is C11H16N4O3. The zero-order chi connectivity index (χ0) is 13.0. The van der Waals surface area contributed by atoms with Crippen LogP contribution in [0.5, 0.6) is 6.01 Å². The molecule has 1 aromatic rings. The summed E-state index contributed by atoms with van der Waals surface area (Å²) in [5.74, 6) is 0. The summed E-state index contributed by atoms with van der Waals surface area (Å²) in [4.78, 5) is 17.6. The number of aromatic nitrogens is 2. The van der Waals surface area contributed by atoms with E-state index in [1.165, 1.54) is 0 Å². The largest absolute Gasteiger partial charge is 0.458 e. The molecule has 7 heteroatoms. The van der Waals surface area contributed by atoms with Crippen molar-refractivity contribution in [3.8, 4) is 6.01 Å². The zero-order valence-electron chi connectivity index (χ0n) is 9.99. The number of hydrogen-bond donors (Lipinski definition) is 1. The Balaban J connectivity index is 2.01. The van der Waals surface area contributed by atoms with Crippen molar-refractivity contribution in [2.24, 2.45) is 5.73 Å². The highest BCUT2D eigenvalue weighted by atomic mass is 16.6. The Morgan fingerprint density at radius 1 is 1.28 bits per heavy atom. The number of rotatable bonds is 3. The molecule has 7 nitrogen and oxygen atoms in total. The van der Waals surface area contributed by atoms with E-state index in [-0.39, 0.29) is 23.8 Å². The van der Waals surface area contributed by atoms with Crippen LogP contribution in [0.4, 0.5) is 5.69 Å². The van der Waals surface area contributed by atoms with Crippen molar-refractivity contribution in [2.75, 3.05) is 0 Å². The third-order valence-corrected chi connectivity index (χ3v) is 3.09. The van der Waals surface area contributed by atoms with Crippen LogP contribution >= 0.6 is 0 Å². The first-order valence-corrected chi connectivity index (χ1v) is 6.05. The average molecular weight is 252 g/mol. The Morgan fingerprint density at radius 3 is 2.61 bits per heavy atom. The lowest BCUT2D eigenvalue weighted by Crippen LogP contribution is -2.38. The molecule has 0 aromatic carbocycles. The lowest BCUT2D eigenvalue weighted by atomic mass is 10.1. The molecule has 0 spiro atoms. The van der Waals surface area contributed by atoms with Crippen molar-refractivity contribution in [2.45, 2.75) is 44.2 Å². The molecule has 1 heterocycles. The van der Waals surface area contributed by atoms with Crippen LogP contribution in [0.1, 0.15) is 32.1 Å². The highest BCUT2D eigenvalue weighted by molar-refractivity contribution is 5.21. The Morgan fingerprint density at radius 2 is 1.94 bits per heavy atom. The van der Waals surface area contributed by atoms with Crippen LogP contribution < -0.4 is 10.5 Å². The summed E-state index contributed by atoms with van der Waals surface area (Å²) in [6.07, 6.45) is 7.34. The lowest BCUT2D eigenvalue weighted by Gasteiger charge is -2.21. The van der Waals surface area contributed by atoms with Gasteiger partial charge in [-0.1, -0.05) is 12.8 Å². The summed E-state index contributed by atoms with van der Waals surface area (Å²) in [6.45, 7) is 0. The molecule has 2 atom stereocenters. The lowest BCUT2D eigenvalue weighted by molar-refractivity contribution is -0.385. The van der Waals surface area contributed by atoms with E-state index < -0.39 is 4.92 Å². The number of hydrogen-bond acceptors (Lipinski definition) is 6. The molecule has 0 amide bonds. The summed E-state index contributed by atoms with van der Waals surface area (Å²) in [5, 5.41) is 10.5. The van der Waals surface area contributed by atoms with E-state index in [1.807, 2.05) is 0 Å². The molecule has 1 aromatic heterocycles. The summed E-state index contributed by atoms with van der Waals surface area (Å²) in [5.41, 5.74) is 5.87. The van der Waals surface area contributed by atoms with Crippen LogP contribution in [0.25, 0.3) is 0 Å². The maximum Gasteiger partial charge on any atom is 0.317 e. The molecule has 2 N–H and O–H groups in total. The van der Waals surface area contributed by atoms with Crippen LogP contribution in [0.2, 0.25) is 0 Å². The van der Waals surface area contributed by atoms with Gasteiger partial charge in [-0.3, -0.25) is 10.1 Å². The second kappa shape index (κ2) is 5.72. The Bertz CT molecular complexity index is 409. The SMILES string of the molecule is NC1CCCCCC1Oc1ncc([N+](=O)[O-])cn1. The first-order valence-electron chi connectivity index (χ1n) is 6.05. The Hall–Kier alpha value is -1.76. The molecule has 2 rings (SSSR count). The smallest absolute Gasteiger partial charge is 0.317 e. The topological polar surface area (TPSA) is 104 Å². The molecule has 0 bridgehead atoms. The van der Waals surface area contributed by atoms with E-state index in [2.05, 4.69) is 9.97 Å². The fraction of sp³-hybridized carbons (Fsp3) is 0.636. The van der Waals surface area contributed by atoms with Gasteiger partial charge in [-0.25, -0.2) is 0 Å². The second-order valence-electron chi connectivity index (χ2n) is 4.44. The maximum absolute atomic E-state index is 10.5. The van der Waals surface area contributed by atoms with Crippen LogP contribution in [0.3, 0.4) is 0 Å². The van der Waals surface area contributed by atoms with Crippen molar-refractivity contribution in [1.82, 2.24) is 9.97 Å². The number of nitro groups is 1. The normalized spacial score (nSPS) is 24.3. The second-order valence-corrected chi connectivity index (χ2v) is 4.44. The molecule has 0 saturated heterocycles. The number of ether oxygens (including phenoxy) is 1. The van der Waals surface area contributed by atoms with Crippen LogP contribution in [-0.4, -0.2) is 27.0 Å². The van der Waals surface area contributed by atoms with Gasteiger partial charge in [-0.15, -0.1) is 0 Å². The Labute approximate surface area is 105 Å². The van der Waals surface area contributed by atoms with Crippen molar-refractivity contribution >= 4 is 5.69 Å². The van der Waals surface area contributed by atoms with Crippen molar-refractivity contribution in [1.29, 1.82) is 0 Å². The molecular weight excluding hydrogens is 236 g/mol. The third-order valence-electron chi connectivity index (χ3n) is 3.09. The monoisotopic (exact) mass is 252 g/mol.